The summed E-state index contributed by atoms with van der Waals surface area (Å²) in [6, 6.07) is 14.9. The molecule has 0 radical (unpaired) electrons. The Morgan fingerprint density at radius 3 is 2.61 bits per heavy atom. The zero-order valence-electron chi connectivity index (χ0n) is 21.7. The summed E-state index contributed by atoms with van der Waals surface area (Å²) in [4.78, 5) is 30.4. The van der Waals surface area contributed by atoms with E-state index in [0.29, 0.717) is 31.7 Å². The average Bonchev–Trinajstić information content (AvgIpc) is 3.66. The lowest BCUT2D eigenvalue weighted by Gasteiger charge is -2.37. The number of amides is 2. The minimum atomic E-state index is -0.625. The highest BCUT2D eigenvalue weighted by molar-refractivity contribution is 5.92. The van der Waals surface area contributed by atoms with E-state index in [2.05, 4.69) is 10.2 Å². The lowest BCUT2D eigenvalue weighted by atomic mass is 9.87. The van der Waals surface area contributed by atoms with Crippen LogP contribution in [0.4, 0.5) is 4.39 Å². The molecule has 0 bridgehead atoms. The van der Waals surface area contributed by atoms with E-state index in [4.69, 9.17) is 9.15 Å². The summed E-state index contributed by atoms with van der Waals surface area (Å²) in [6.07, 6.45) is 4.48. The smallest absolute Gasteiger partial charge is 0.290 e. The minimum absolute atomic E-state index is 0.130. The fourth-order valence-corrected chi connectivity index (χ4v) is 5.38. The van der Waals surface area contributed by atoms with E-state index in [0.717, 1.165) is 36.3 Å². The molecule has 200 valence electrons. The van der Waals surface area contributed by atoms with Crippen LogP contribution in [0.2, 0.25) is 0 Å². The summed E-state index contributed by atoms with van der Waals surface area (Å²) in [7, 11) is 0. The van der Waals surface area contributed by atoms with Crippen LogP contribution >= 0.6 is 0 Å². The monoisotopic (exact) mass is 519 g/mol. The molecule has 3 heterocycles. The van der Waals surface area contributed by atoms with Gasteiger partial charge in [-0.2, -0.15) is 0 Å². The number of hydrogen-bond acceptors (Lipinski definition) is 5. The van der Waals surface area contributed by atoms with Gasteiger partial charge in [-0.25, -0.2) is 4.39 Å². The fourth-order valence-electron chi connectivity index (χ4n) is 5.38. The highest BCUT2D eigenvalue weighted by Gasteiger charge is 2.34. The highest BCUT2D eigenvalue weighted by atomic mass is 19.1. The predicted octanol–water partition coefficient (Wildman–Crippen LogP) is 4.58. The Kier molecular flexibility index (Phi) is 8.08. The molecule has 2 unspecified atom stereocenters. The maximum absolute atomic E-state index is 13.8. The van der Waals surface area contributed by atoms with Crippen molar-refractivity contribution in [3.05, 3.63) is 89.1 Å². The second kappa shape index (κ2) is 11.8. The Bertz CT molecular complexity index is 1240. The first kappa shape index (κ1) is 26.0. The van der Waals surface area contributed by atoms with Gasteiger partial charge in [0.2, 0.25) is 0 Å². The lowest BCUT2D eigenvalue weighted by Crippen LogP contribution is -2.42. The van der Waals surface area contributed by atoms with E-state index < -0.39 is 12.1 Å². The maximum Gasteiger partial charge on any atom is 0.290 e. The van der Waals surface area contributed by atoms with Crippen molar-refractivity contribution in [2.75, 3.05) is 32.7 Å². The Morgan fingerprint density at radius 2 is 1.89 bits per heavy atom. The van der Waals surface area contributed by atoms with Crippen molar-refractivity contribution in [2.45, 2.75) is 44.8 Å². The number of nitrogens with zero attached hydrogens (tertiary/aromatic N) is 2. The summed E-state index contributed by atoms with van der Waals surface area (Å²) in [5.41, 5.74) is 2.76. The van der Waals surface area contributed by atoms with Gasteiger partial charge in [0.25, 0.3) is 11.8 Å². The maximum atomic E-state index is 13.8. The van der Waals surface area contributed by atoms with E-state index in [1.165, 1.54) is 31.2 Å². The summed E-state index contributed by atoms with van der Waals surface area (Å²) in [6.45, 7) is 6.04. The van der Waals surface area contributed by atoms with Crippen LogP contribution in [0.1, 0.15) is 59.5 Å². The first-order valence-electron chi connectivity index (χ1n) is 13.4. The third-order valence-corrected chi connectivity index (χ3v) is 7.39. The number of hydrogen-bond donors (Lipinski definition) is 1. The second-order valence-corrected chi connectivity index (χ2v) is 9.90. The Hall–Kier alpha value is -3.65. The largest absolute Gasteiger partial charge is 0.481 e. The SMILES string of the molecule is CCC(Oc1ccc2c(c1)C(c1ccc(F)cc1)N(C(=O)c1ccco1)CC2)C(=O)NCCN1CCCC1. The quantitative estimate of drug-likeness (QED) is 0.448. The van der Waals surface area contributed by atoms with Crippen LogP contribution in [0.5, 0.6) is 5.75 Å². The number of carbonyl (C=O) groups is 2. The predicted molar refractivity (Wildman–Crippen MR) is 142 cm³/mol. The van der Waals surface area contributed by atoms with Crippen LogP contribution < -0.4 is 10.1 Å². The Balaban J connectivity index is 1.37. The zero-order valence-corrected chi connectivity index (χ0v) is 21.7. The Labute approximate surface area is 222 Å². The number of furan rings is 1. The number of fused-ring (bicyclic) bond motifs is 1. The molecule has 38 heavy (non-hydrogen) atoms. The number of benzene rings is 2. The lowest BCUT2D eigenvalue weighted by molar-refractivity contribution is -0.128. The van der Waals surface area contributed by atoms with Gasteiger partial charge in [-0.1, -0.05) is 25.1 Å². The molecular weight excluding hydrogens is 485 g/mol. The molecule has 2 aromatic carbocycles. The van der Waals surface area contributed by atoms with Crippen LogP contribution in [-0.4, -0.2) is 60.4 Å². The fraction of sp³-hybridized carbons (Fsp3) is 0.400. The van der Waals surface area contributed by atoms with Gasteiger partial charge < -0.3 is 24.3 Å². The van der Waals surface area contributed by atoms with E-state index >= 15 is 0 Å². The summed E-state index contributed by atoms with van der Waals surface area (Å²) in [5.74, 6) is 0.112. The first-order chi connectivity index (χ1) is 18.5. The van der Waals surface area contributed by atoms with Crippen molar-refractivity contribution in [2.24, 2.45) is 0 Å². The Morgan fingerprint density at radius 1 is 1.11 bits per heavy atom. The number of likely N-dealkylation sites (tertiary alicyclic amines) is 1. The van der Waals surface area contributed by atoms with Crippen molar-refractivity contribution in [3.63, 3.8) is 0 Å². The average molecular weight is 520 g/mol. The van der Waals surface area contributed by atoms with Crippen LogP contribution in [-0.2, 0) is 11.2 Å². The zero-order chi connectivity index (χ0) is 26.5. The molecule has 3 aromatic rings. The molecule has 1 saturated heterocycles. The van der Waals surface area contributed by atoms with Crippen molar-refractivity contribution in [1.29, 1.82) is 0 Å². The molecule has 0 saturated carbocycles. The molecule has 0 spiro atoms. The van der Waals surface area contributed by atoms with E-state index in [-0.39, 0.29) is 23.4 Å². The van der Waals surface area contributed by atoms with E-state index in [1.807, 2.05) is 25.1 Å². The van der Waals surface area contributed by atoms with Crippen LogP contribution in [0.3, 0.4) is 0 Å². The number of carbonyl (C=O) groups excluding carboxylic acids is 2. The standard InChI is InChI=1S/C30H34FN3O4/c1-2-26(29(35)32-14-18-33-15-3-4-16-33)38-24-12-9-21-13-17-34(30(36)27-6-5-19-37-27)28(25(21)20-24)22-7-10-23(31)11-8-22/h5-12,19-20,26,28H,2-4,13-18H2,1H3,(H,32,35). The molecule has 5 rings (SSSR count). The van der Waals surface area contributed by atoms with Crippen molar-refractivity contribution < 1.29 is 23.1 Å². The minimum Gasteiger partial charge on any atom is -0.481 e. The second-order valence-electron chi connectivity index (χ2n) is 9.90. The van der Waals surface area contributed by atoms with Gasteiger partial charge in [0.15, 0.2) is 11.9 Å². The third kappa shape index (κ3) is 5.75. The number of rotatable bonds is 9. The topological polar surface area (TPSA) is 75.0 Å². The molecule has 2 aliphatic heterocycles. The molecule has 1 aromatic heterocycles. The van der Waals surface area contributed by atoms with Gasteiger partial charge in [0, 0.05) is 19.6 Å². The molecule has 2 aliphatic rings. The summed E-state index contributed by atoms with van der Waals surface area (Å²) < 4.78 is 25.3. The number of halogens is 1. The number of ether oxygens (including phenoxy) is 1. The molecule has 2 atom stereocenters. The number of nitrogens with one attached hydrogen (secondary N) is 1. The van der Waals surface area contributed by atoms with Crippen LogP contribution in [0.15, 0.2) is 65.3 Å². The van der Waals surface area contributed by atoms with Gasteiger partial charge in [0.05, 0.1) is 12.3 Å². The molecular formula is C30H34FN3O4. The first-order valence-corrected chi connectivity index (χ1v) is 13.4. The van der Waals surface area contributed by atoms with Crippen LogP contribution in [0.25, 0.3) is 0 Å². The van der Waals surface area contributed by atoms with Gasteiger partial charge in [-0.05, 0) is 91.9 Å². The highest BCUT2D eigenvalue weighted by Crippen LogP contribution is 2.38. The van der Waals surface area contributed by atoms with Gasteiger partial charge in [0.1, 0.15) is 11.6 Å². The van der Waals surface area contributed by atoms with Gasteiger partial charge in [-0.3, -0.25) is 9.59 Å². The van der Waals surface area contributed by atoms with Crippen LogP contribution in [0, 0.1) is 5.82 Å². The normalized spacial score (nSPS) is 18.2. The molecule has 8 heteroatoms. The summed E-state index contributed by atoms with van der Waals surface area (Å²) in [5, 5.41) is 3.02. The van der Waals surface area contributed by atoms with E-state index in [9.17, 15) is 14.0 Å². The van der Waals surface area contributed by atoms with Crippen molar-refractivity contribution in [3.8, 4) is 5.75 Å². The molecule has 7 nitrogen and oxygen atoms in total. The van der Waals surface area contributed by atoms with Crippen molar-refractivity contribution >= 4 is 11.8 Å². The van der Waals surface area contributed by atoms with E-state index in [1.54, 1.807) is 29.2 Å². The molecule has 1 fully saturated rings. The molecule has 0 aliphatic carbocycles. The summed E-state index contributed by atoms with van der Waals surface area (Å²) >= 11 is 0. The van der Waals surface area contributed by atoms with Gasteiger partial charge in [-0.15, -0.1) is 0 Å². The third-order valence-electron chi connectivity index (χ3n) is 7.39. The van der Waals surface area contributed by atoms with Crippen molar-refractivity contribution in [1.82, 2.24) is 15.1 Å². The van der Waals surface area contributed by atoms with Gasteiger partial charge >= 0.3 is 0 Å². The molecule has 1 N–H and O–H groups in total. The molecule has 2 amide bonds.